The van der Waals surface area contributed by atoms with Crippen molar-refractivity contribution in [3.63, 3.8) is 0 Å². The van der Waals surface area contributed by atoms with Crippen LogP contribution in [0.1, 0.15) is 19.8 Å². The smallest absolute Gasteiger partial charge is 0.323 e. The van der Waals surface area contributed by atoms with Crippen LogP contribution in [0.4, 0.5) is 0 Å². The van der Waals surface area contributed by atoms with Crippen LogP contribution >= 0.6 is 23.4 Å². The number of thioether (sulfide) groups is 1. The largest absolute Gasteiger partial charge is 0.480 e. The van der Waals surface area contributed by atoms with Crippen LogP contribution in [-0.4, -0.2) is 29.4 Å². The summed E-state index contributed by atoms with van der Waals surface area (Å²) in [4.78, 5) is 12.2. The third kappa shape index (κ3) is 4.52. The number of hydrogen-bond acceptors (Lipinski definition) is 3. The van der Waals surface area contributed by atoms with Crippen LogP contribution in [-0.2, 0) is 4.79 Å². The zero-order valence-electron chi connectivity index (χ0n) is 10.6. The van der Waals surface area contributed by atoms with Gasteiger partial charge < -0.3 is 10.4 Å². The highest BCUT2D eigenvalue weighted by atomic mass is 35.5. The molecule has 0 spiro atoms. The van der Waals surface area contributed by atoms with Crippen molar-refractivity contribution < 1.29 is 9.90 Å². The Hall–Kier alpha value is -0.710. The minimum atomic E-state index is -0.838. The quantitative estimate of drug-likeness (QED) is 0.597. The summed E-state index contributed by atoms with van der Waals surface area (Å²) in [6, 6.07) is 7.68. The van der Waals surface area contributed by atoms with E-state index in [0.717, 1.165) is 22.1 Å². The van der Waals surface area contributed by atoms with Gasteiger partial charge in [-0.15, -0.1) is 11.8 Å². The van der Waals surface area contributed by atoms with Gasteiger partial charge in [-0.1, -0.05) is 17.7 Å². The second-order valence-corrected chi connectivity index (χ2v) is 5.90. The molecule has 5 heteroatoms. The number of hydrogen-bond donors (Lipinski definition) is 2. The predicted octanol–water partition coefficient (Wildman–Crippen LogP) is 3.28. The lowest BCUT2D eigenvalue weighted by atomic mass is 9.97. The molecule has 1 unspecified atom stereocenters. The molecule has 0 saturated carbocycles. The highest BCUT2D eigenvalue weighted by Crippen LogP contribution is 2.24. The Morgan fingerprint density at radius 3 is 2.83 bits per heavy atom. The number of aliphatic carboxylic acids is 1. The van der Waals surface area contributed by atoms with E-state index in [1.807, 2.05) is 24.3 Å². The lowest BCUT2D eigenvalue weighted by molar-refractivity contribution is -0.144. The third-order valence-corrected chi connectivity index (χ3v) is 4.22. The summed E-state index contributed by atoms with van der Waals surface area (Å²) < 4.78 is 0. The number of benzene rings is 1. The molecule has 0 bridgehead atoms. The van der Waals surface area contributed by atoms with Crippen molar-refractivity contribution in [2.75, 3.05) is 12.8 Å². The van der Waals surface area contributed by atoms with E-state index in [2.05, 4.69) is 5.32 Å². The van der Waals surface area contributed by atoms with Crippen LogP contribution in [0.3, 0.4) is 0 Å². The van der Waals surface area contributed by atoms with Crippen molar-refractivity contribution in [1.82, 2.24) is 5.32 Å². The summed E-state index contributed by atoms with van der Waals surface area (Å²) in [5, 5.41) is 12.7. The Balaban J connectivity index is 2.37. The minimum Gasteiger partial charge on any atom is -0.480 e. The number of carboxylic acid groups (broad SMARTS) is 1. The van der Waals surface area contributed by atoms with Crippen molar-refractivity contribution in [3.05, 3.63) is 29.3 Å². The maximum atomic E-state index is 11.1. The van der Waals surface area contributed by atoms with E-state index >= 15 is 0 Å². The Bertz CT molecular complexity index is 414. The molecule has 0 aliphatic heterocycles. The number of halogens is 1. The summed E-state index contributed by atoms with van der Waals surface area (Å²) in [5.41, 5.74) is -0.838. The molecule has 0 heterocycles. The third-order valence-electron chi connectivity index (χ3n) is 2.91. The van der Waals surface area contributed by atoms with Crippen molar-refractivity contribution in [3.8, 4) is 0 Å². The van der Waals surface area contributed by atoms with Gasteiger partial charge in [0.05, 0.1) is 0 Å². The molecule has 1 aromatic carbocycles. The van der Waals surface area contributed by atoms with E-state index in [-0.39, 0.29) is 0 Å². The fourth-order valence-electron chi connectivity index (χ4n) is 1.51. The van der Waals surface area contributed by atoms with Crippen LogP contribution in [0.25, 0.3) is 0 Å². The van der Waals surface area contributed by atoms with Gasteiger partial charge in [0.25, 0.3) is 0 Å². The summed E-state index contributed by atoms with van der Waals surface area (Å²) in [5.74, 6) is 0.0722. The molecule has 1 aromatic rings. The van der Waals surface area contributed by atoms with Crippen LogP contribution in [0, 0.1) is 0 Å². The van der Waals surface area contributed by atoms with Gasteiger partial charge in [0, 0.05) is 9.92 Å². The van der Waals surface area contributed by atoms with Gasteiger partial charge in [-0.25, -0.2) is 0 Å². The highest BCUT2D eigenvalue weighted by molar-refractivity contribution is 7.99. The molecular weight excluding hydrogens is 270 g/mol. The van der Waals surface area contributed by atoms with Crippen molar-refractivity contribution in [1.29, 1.82) is 0 Å². The normalized spacial score (nSPS) is 14.2. The molecular formula is C13H18ClNO2S. The maximum Gasteiger partial charge on any atom is 0.323 e. The Labute approximate surface area is 117 Å². The summed E-state index contributed by atoms with van der Waals surface area (Å²) >= 11 is 7.59. The van der Waals surface area contributed by atoms with Gasteiger partial charge in [-0.2, -0.15) is 0 Å². The monoisotopic (exact) mass is 287 g/mol. The molecule has 0 saturated heterocycles. The Kier molecular flexibility index (Phi) is 5.99. The topological polar surface area (TPSA) is 49.3 Å². The van der Waals surface area contributed by atoms with Gasteiger partial charge in [0.1, 0.15) is 5.54 Å². The second-order valence-electron chi connectivity index (χ2n) is 4.30. The summed E-state index contributed by atoms with van der Waals surface area (Å²) in [6.07, 6.45) is 1.44. The minimum absolute atomic E-state index is 0.604. The number of likely N-dealkylation sites (N-methyl/N-ethyl adjacent to an activating group) is 1. The van der Waals surface area contributed by atoms with E-state index in [1.165, 1.54) is 0 Å². The SMILES string of the molecule is CNC(C)(CCCSc1cccc(Cl)c1)C(=O)O. The highest BCUT2D eigenvalue weighted by Gasteiger charge is 2.30. The van der Waals surface area contributed by atoms with Gasteiger partial charge >= 0.3 is 5.97 Å². The second kappa shape index (κ2) is 7.02. The fraction of sp³-hybridized carbons (Fsp3) is 0.462. The standard InChI is InChI=1S/C13H18ClNO2S/c1-13(15-2,12(16)17)7-4-8-18-11-6-3-5-10(14)9-11/h3,5-6,9,15H,4,7-8H2,1-2H3,(H,16,17). The number of carbonyl (C=O) groups is 1. The van der Waals surface area contributed by atoms with E-state index in [9.17, 15) is 4.79 Å². The molecule has 100 valence electrons. The molecule has 2 N–H and O–H groups in total. The molecule has 0 amide bonds. The van der Waals surface area contributed by atoms with Crippen LogP contribution in [0.2, 0.25) is 5.02 Å². The van der Waals surface area contributed by atoms with Gasteiger partial charge in [-0.3, -0.25) is 4.79 Å². The molecule has 0 aromatic heterocycles. The predicted molar refractivity (Wildman–Crippen MR) is 76.5 cm³/mol. The fourth-order valence-corrected chi connectivity index (χ4v) is 2.68. The van der Waals surface area contributed by atoms with Crippen LogP contribution in [0.15, 0.2) is 29.2 Å². The first-order chi connectivity index (χ1) is 8.48. The lowest BCUT2D eigenvalue weighted by Crippen LogP contribution is -2.47. The molecule has 18 heavy (non-hydrogen) atoms. The molecule has 1 atom stereocenters. The first kappa shape index (κ1) is 15.3. The van der Waals surface area contributed by atoms with Gasteiger partial charge in [0.15, 0.2) is 0 Å². The van der Waals surface area contributed by atoms with E-state index in [1.54, 1.807) is 25.7 Å². The van der Waals surface area contributed by atoms with E-state index < -0.39 is 11.5 Å². The average molecular weight is 288 g/mol. The number of nitrogens with one attached hydrogen (secondary N) is 1. The summed E-state index contributed by atoms with van der Waals surface area (Å²) in [7, 11) is 1.68. The van der Waals surface area contributed by atoms with Gasteiger partial charge in [-0.05, 0) is 50.8 Å². The van der Waals surface area contributed by atoms with Crippen LogP contribution < -0.4 is 5.32 Å². The molecule has 3 nitrogen and oxygen atoms in total. The number of carboxylic acids is 1. The van der Waals surface area contributed by atoms with Crippen LogP contribution in [0.5, 0.6) is 0 Å². The Morgan fingerprint density at radius 1 is 1.56 bits per heavy atom. The maximum absolute atomic E-state index is 11.1. The molecule has 0 fully saturated rings. The first-order valence-corrected chi connectivity index (χ1v) is 7.15. The lowest BCUT2D eigenvalue weighted by Gasteiger charge is -2.23. The van der Waals surface area contributed by atoms with Crippen molar-refractivity contribution in [2.45, 2.75) is 30.2 Å². The zero-order chi connectivity index (χ0) is 13.6. The number of rotatable bonds is 7. The van der Waals surface area contributed by atoms with Crippen molar-refractivity contribution in [2.24, 2.45) is 0 Å². The molecule has 1 rings (SSSR count). The zero-order valence-corrected chi connectivity index (χ0v) is 12.1. The average Bonchev–Trinajstić information content (AvgIpc) is 2.34. The molecule has 0 radical (unpaired) electrons. The molecule has 0 aliphatic rings. The summed E-state index contributed by atoms with van der Waals surface area (Å²) in [6.45, 7) is 1.71. The first-order valence-electron chi connectivity index (χ1n) is 5.78. The van der Waals surface area contributed by atoms with Gasteiger partial charge in [0.2, 0.25) is 0 Å². The van der Waals surface area contributed by atoms with E-state index in [4.69, 9.17) is 16.7 Å². The molecule has 0 aliphatic carbocycles. The van der Waals surface area contributed by atoms with Crippen molar-refractivity contribution >= 4 is 29.3 Å². The van der Waals surface area contributed by atoms with E-state index in [0.29, 0.717) is 6.42 Å². The Morgan fingerprint density at radius 2 is 2.28 bits per heavy atom.